The van der Waals surface area contributed by atoms with Crippen molar-refractivity contribution in [3.05, 3.63) is 35.2 Å². The molecule has 0 bridgehead atoms. The summed E-state index contributed by atoms with van der Waals surface area (Å²) < 4.78 is 39.7. The molecule has 21 heavy (non-hydrogen) atoms. The normalized spacial score (nSPS) is 12.0. The van der Waals surface area contributed by atoms with Crippen LogP contribution in [-0.2, 0) is 6.18 Å². The number of H-pyrrole nitrogens is 1. The van der Waals surface area contributed by atoms with E-state index in [1.807, 2.05) is 0 Å². The van der Waals surface area contributed by atoms with Crippen LogP contribution >= 0.6 is 11.6 Å². The summed E-state index contributed by atoms with van der Waals surface area (Å²) in [7, 11) is 0. The molecule has 0 saturated carbocycles. The van der Waals surface area contributed by atoms with Crippen molar-refractivity contribution in [3.63, 3.8) is 0 Å². The third kappa shape index (κ3) is 2.27. The summed E-state index contributed by atoms with van der Waals surface area (Å²) in [6.45, 7) is 0. The van der Waals surface area contributed by atoms with Crippen molar-refractivity contribution in [1.29, 1.82) is 0 Å². The SMILES string of the molecule is Nc1c(Cl)ccc(-c2nc3cncnc3[nH]2)c1C(F)(F)F. The molecule has 3 N–H and O–H groups in total. The summed E-state index contributed by atoms with van der Waals surface area (Å²) in [5, 5.41) is -0.165. The number of nitrogen functional groups attached to an aromatic ring is 1. The highest BCUT2D eigenvalue weighted by Crippen LogP contribution is 2.42. The Labute approximate surface area is 121 Å². The Morgan fingerprint density at radius 3 is 2.67 bits per heavy atom. The molecule has 9 heteroatoms. The highest BCUT2D eigenvalue weighted by molar-refractivity contribution is 6.33. The molecule has 1 aromatic carbocycles. The number of nitrogens with two attached hydrogens (primary N) is 1. The fourth-order valence-electron chi connectivity index (χ4n) is 1.99. The largest absolute Gasteiger partial charge is 0.419 e. The van der Waals surface area contributed by atoms with Crippen LogP contribution in [0.3, 0.4) is 0 Å². The Balaban J connectivity index is 2.29. The zero-order chi connectivity index (χ0) is 15.2. The highest BCUT2D eigenvalue weighted by Gasteiger charge is 2.37. The molecule has 5 nitrogen and oxygen atoms in total. The number of hydrogen-bond acceptors (Lipinski definition) is 4. The zero-order valence-electron chi connectivity index (χ0n) is 10.2. The molecule has 2 aromatic heterocycles. The van der Waals surface area contributed by atoms with Gasteiger partial charge in [-0.25, -0.2) is 15.0 Å². The lowest BCUT2D eigenvalue weighted by molar-refractivity contribution is -0.136. The molecule has 3 rings (SSSR count). The Kier molecular flexibility index (Phi) is 2.98. The number of hydrogen-bond donors (Lipinski definition) is 2. The van der Waals surface area contributed by atoms with Gasteiger partial charge in [-0.05, 0) is 12.1 Å². The standard InChI is InChI=1S/C12H7ClF3N5/c13-6-2-1-5(8(9(6)17)12(14,15)16)10-20-7-3-18-4-19-11(7)21-10/h1-4H,17H2,(H,18,19,20,21). The van der Waals surface area contributed by atoms with Gasteiger partial charge in [0.2, 0.25) is 0 Å². The van der Waals surface area contributed by atoms with Crippen molar-refractivity contribution in [1.82, 2.24) is 19.9 Å². The molecule has 0 amide bonds. The zero-order valence-corrected chi connectivity index (χ0v) is 11.0. The predicted molar refractivity (Wildman–Crippen MR) is 71.5 cm³/mol. The Morgan fingerprint density at radius 2 is 2.00 bits per heavy atom. The van der Waals surface area contributed by atoms with E-state index in [1.54, 1.807) is 0 Å². The first-order valence-electron chi connectivity index (χ1n) is 5.69. The number of nitrogens with one attached hydrogen (secondary N) is 1. The van der Waals surface area contributed by atoms with Gasteiger partial charge in [-0.15, -0.1) is 0 Å². The predicted octanol–water partition coefficient (Wildman–Crippen LogP) is 3.27. The molecule has 0 saturated heterocycles. The Bertz CT molecular complexity index is 794. The van der Waals surface area contributed by atoms with Crippen molar-refractivity contribution < 1.29 is 13.2 Å². The molecule has 3 aromatic rings. The third-order valence-corrected chi connectivity index (χ3v) is 3.22. The summed E-state index contributed by atoms with van der Waals surface area (Å²) in [5.41, 5.74) is 4.42. The van der Waals surface area contributed by atoms with Crippen molar-refractivity contribution in [3.8, 4) is 11.4 Å². The van der Waals surface area contributed by atoms with Gasteiger partial charge < -0.3 is 10.7 Å². The second kappa shape index (κ2) is 4.59. The van der Waals surface area contributed by atoms with Gasteiger partial charge >= 0.3 is 6.18 Å². The average Bonchev–Trinajstić information content (AvgIpc) is 2.83. The van der Waals surface area contributed by atoms with E-state index in [0.29, 0.717) is 11.2 Å². The fourth-order valence-corrected chi connectivity index (χ4v) is 2.14. The second-order valence-corrected chi connectivity index (χ2v) is 4.63. The summed E-state index contributed by atoms with van der Waals surface area (Å²) >= 11 is 5.68. The number of aromatic amines is 1. The van der Waals surface area contributed by atoms with Gasteiger partial charge in [0.05, 0.1) is 22.5 Å². The minimum atomic E-state index is -4.66. The van der Waals surface area contributed by atoms with Crippen LogP contribution in [-0.4, -0.2) is 19.9 Å². The van der Waals surface area contributed by atoms with Crippen LogP contribution < -0.4 is 5.73 Å². The third-order valence-electron chi connectivity index (χ3n) is 2.89. The van der Waals surface area contributed by atoms with Crippen LogP contribution in [0.1, 0.15) is 5.56 Å². The van der Waals surface area contributed by atoms with Gasteiger partial charge in [-0.2, -0.15) is 13.2 Å². The molecule has 0 aliphatic heterocycles. The number of rotatable bonds is 1. The molecule has 0 unspecified atom stereocenters. The first-order chi connectivity index (χ1) is 9.88. The number of aromatic nitrogens is 4. The molecule has 0 atom stereocenters. The summed E-state index contributed by atoms with van der Waals surface area (Å²) in [6, 6.07) is 2.51. The number of nitrogens with zero attached hydrogens (tertiary/aromatic N) is 3. The molecule has 0 radical (unpaired) electrons. The first kappa shape index (κ1) is 13.6. The molecule has 2 heterocycles. The maximum Gasteiger partial charge on any atom is 0.419 e. The van der Waals surface area contributed by atoms with E-state index in [-0.39, 0.29) is 16.4 Å². The molecule has 0 aliphatic carbocycles. The number of benzene rings is 1. The first-order valence-corrected chi connectivity index (χ1v) is 6.07. The van der Waals surface area contributed by atoms with Crippen LogP contribution in [0.15, 0.2) is 24.7 Å². The monoisotopic (exact) mass is 313 g/mol. The van der Waals surface area contributed by atoms with E-state index in [4.69, 9.17) is 17.3 Å². The summed E-state index contributed by atoms with van der Waals surface area (Å²) in [5.74, 6) is 0.00110. The van der Waals surface area contributed by atoms with Gasteiger partial charge in [-0.3, -0.25) is 0 Å². The van der Waals surface area contributed by atoms with Crippen molar-refractivity contribution in [2.45, 2.75) is 6.18 Å². The highest BCUT2D eigenvalue weighted by atomic mass is 35.5. The van der Waals surface area contributed by atoms with Crippen LogP contribution in [0.4, 0.5) is 18.9 Å². The smallest absolute Gasteiger partial charge is 0.397 e. The van der Waals surface area contributed by atoms with E-state index >= 15 is 0 Å². The molecule has 0 aliphatic rings. The molecule has 108 valence electrons. The number of alkyl halides is 3. The lowest BCUT2D eigenvalue weighted by Crippen LogP contribution is -2.11. The van der Waals surface area contributed by atoms with E-state index in [2.05, 4.69) is 19.9 Å². The molecular weight excluding hydrogens is 307 g/mol. The number of imidazole rings is 1. The molecule has 0 spiro atoms. The fraction of sp³-hybridized carbons (Fsp3) is 0.0833. The Morgan fingerprint density at radius 1 is 1.24 bits per heavy atom. The van der Waals surface area contributed by atoms with Crippen LogP contribution in [0.5, 0.6) is 0 Å². The average molecular weight is 314 g/mol. The maximum absolute atomic E-state index is 13.2. The van der Waals surface area contributed by atoms with Gasteiger partial charge in [0.1, 0.15) is 17.7 Å². The van der Waals surface area contributed by atoms with Gasteiger partial charge in [0.25, 0.3) is 0 Å². The topological polar surface area (TPSA) is 80.5 Å². The van der Waals surface area contributed by atoms with E-state index in [0.717, 1.165) is 0 Å². The van der Waals surface area contributed by atoms with Crippen LogP contribution in [0, 0.1) is 0 Å². The van der Waals surface area contributed by atoms with Gasteiger partial charge in [-0.1, -0.05) is 11.6 Å². The minimum absolute atomic E-state index is 0.00110. The van der Waals surface area contributed by atoms with Crippen LogP contribution in [0.2, 0.25) is 5.02 Å². The molecular formula is C12H7ClF3N5. The number of anilines is 1. The quantitative estimate of drug-likeness (QED) is 0.676. The maximum atomic E-state index is 13.2. The van der Waals surface area contributed by atoms with E-state index in [9.17, 15) is 13.2 Å². The lowest BCUT2D eigenvalue weighted by atomic mass is 10.0. The lowest BCUT2D eigenvalue weighted by Gasteiger charge is -2.14. The number of fused-ring (bicyclic) bond motifs is 1. The van der Waals surface area contributed by atoms with E-state index in [1.165, 1.54) is 24.7 Å². The van der Waals surface area contributed by atoms with Crippen molar-refractivity contribution >= 4 is 28.5 Å². The van der Waals surface area contributed by atoms with Gasteiger partial charge in [0.15, 0.2) is 5.65 Å². The van der Waals surface area contributed by atoms with E-state index < -0.39 is 17.4 Å². The summed E-state index contributed by atoms with van der Waals surface area (Å²) in [6.07, 6.45) is -1.99. The van der Waals surface area contributed by atoms with Gasteiger partial charge in [0, 0.05) is 5.56 Å². The number of halogens is 4. The van der Waals surface area contributed by atoms with Crippen LogP contribution in [0.25, 0.3) is 22.6 Å². The van der Waals surface area contributed by atoms with Crippen molar-refractivity contribution in [2.75, 3.05) is 5.73 Å². The second-order valence-electron chi connectivity index (χ2n) is 4.22. The Hall–Kier alpha value is -2.35. The minimum Gasteiger partial charge on any atom is -0.397 e. The summed E-state index contributed by atoms with van der Waals surface area (Å²) in [4.78, 5) is 14.4. The van der Waals surface area contributed by atoms with Crippen molar-refractivity contribution in [2.24, 2.45) is 0 Å². The molecule has 0 fully saturated rings.